The van der Waals surface area contributed by atoms with Gasteiger partial charge in [0.1, 0.15) is 0 Å². The Morgan fingerprint density at radius 1 is 0.926 bits per heavy atom. The summed E-state index contributed by atoms with van der Waals surface area (Å²) in [6.07, 6.45) is 0.999. The third-order valence-corrected chi connectivity index (χ3v) is 4.28. The van der Waals surface area contributed by atoms with E-state index in [4.69, 9.17) is 0 Å². The molecule has 0 spiro atoms. The number of anilines is 3. The highest BCUT2D eigenvalue weighted by Crippen LogP contribution is 2.24. The summed E-state index contributed by atoms with van der Waals surface area (Å²) in [6.45, 7) is 3.65. The van der Waals surface area contributed by atoms with E-state index in [9.17, 15) is 10.1 Å². The van der Waals surface area contributed by atoms with E-state index in [-0.39, 0.29) is 10.6 Å². The zero-order chi connectivity index (χ0) is 19.1. The van der Waals surface area contributed by atoms with Crippen molar-refractivity contribution in [2.75, 3.05) is 16.8 Å². The molecule has 0 saturated carbocycles. The lowest BCUT2D eigenvalue weighted by molar-refractivity contribution is -0.384. The predicted octanol–water partition coefficient (Wildman–Crippen LogP) is 5.76. The fourth-order valence-corrected chi connectivity index (χ4v) is 3.00. The van der Waals surface area contributed by atoms with Gasteiger partial charge in [-0.05, 0) is 48.4 Å². The molecule has 3 aromatic rings. The summed E-state index contributed by atoms with van der Waals surface area (Å²) in [5.41, 5.74) is 4.24. The summed E-state index contributed by atoms with van der Waals surface area (Å²) in [5.74, 6) is 0. The van der Waals surface area contributed by atoms with Crippen LogP contribution in [0.3, 0.4) is 0 Å². The molecule has 0 unspecified atom stereocenters. The van der Waals surface area contributed by atoms with Crippen LogP contribution in [0.25, 0.3) is 0 Å². The molecule has 0 saturated heterocycles. The molecular formula is C22H23N3O2. The molecule has 0 aliphatic rings. The summed E-state index contributed by atoms with van der Waals surface area (Å²) in [5, 5.41) is 14.4. The highest BCUT2D eigenvalue weighted by atomic mass is 16.6. The number of nitrogens with zero attached hydrogens (tertiary/aromatic N) is 2. The molecule has 0 heterocycles. The van der Waals surface area contributed by atoms with Gasteiger partial charge in [-0.2, -0.15) is 0 Å². The van der Waals surface area contributed by atoms with Crippen molar-refractivity contribution in [3.05, 3.63) is 94.5 Å². The Balaban J connectivity index is 1.74. The van der Waals surface area contributed by atoms with E-state index in [1.165, 1.54) is 6.07 Å². The van der Waals surface area contributed by atoms with Gasteiger partial charge in [-0.3, -0.25) is 10.1 Å². The number of hydrogen-bond donors (Lipinski definition) is 1. The van der Waals surface area contributed by atoms with Crippen LogP contribution in [0.1, 0.15) is 18.9 Å². The second-order valence-corrected chi connectivity index (χ2v) is 6.39. The van der Waals surface area contributed by atoms with Gasteiger partial charge >= 0.3 is 0 Å². The van der Waals surface area contributed by atoms with Gasteiger partial charge in [0.15, 0.2) is 0 Å². The summed E-state index contributed by atoms with van der Waals surface area (Å²) in [7, 11) is 0. The quantitative estimate of drug-likeness (QED) is 0.410. The summed E-state index contributed by atoms with van der Waals surface area (Å²) in [4.78, 5) is 12.9. The maximum atomic E-state index is 11.0. The monoisotopic (exact) mass is 361 g/mol. The summed E-state index contributed by atoms with van der Waals surface area (Å²) in [6, 6.07) is 25.2. The summed E-state index contributed by atoms with van der Waals surface area (Å²) >= 11 is 0. The SMILES string of the molecule is CCCN(Cc1cccc([N+](=O)[O-])c1)c1ccc(Nc2ccccc2)cc1. The largest absolute Gasteiger partial charge is 0.367 e. The molecule has 27 heavy (non-hydrogen) atoms. The van der Waals surface area contributed by atoms with Crippen molar-refractivity contribution in [2.45, 2.75) is 19.9 Å². The zero-order valence-corrected chi connectivity index (χ0v) is 15.3. The van der Waals surface area contributed by atoms with E-state index < -0.39 is 0 Å². The lowest BCUT2D eigenvalue weighted by atomic mass is 10.1. The van der Waals surface area contributed by atoms with Gasteiger partial charge in [-0.25, -0.2) is 0 Å². The van der Waals surface area contributed by atoms with Gasteiger partial charge in [0.25, 0.3) is 5.69 Å². The van der Waals surface area contributed by atoms with Gasteiger partial charge in [0, 0.05) is 42.3 Å². The number of benzene rings is 3. The van der Waals surface area contributed by atoms with E-state index >= 15 is 0 Å². The molecule has 1 N–H and O–H groups in total. The Bertz CT molecular complexity index is 880. The van der Waals surface area contributed by atoms with Crippen LogP contribution in [0, 0.1) is 10.1 Å². The number of hydrogen-bond acceptors (Lipinski definition) is 4. The molecule has 5 nitrogen and oxygen atoms in total. The minimum Gasteiger partial charge on any atom is -0.367 e. The highest BCUT2D eigenvalue weighted by Gasteiger charge is 2.10. The molecule has 0 bridgehead atoms. The Morgan fingerprint density at radius 2 is 1.63 bits per heavy atom. The van der Waals surface area contributed by atoms with E-state index in [0.29, 0.717) is 6.54 Å². The molecule has 0 aliphatic heterocycles. The molecular weight excluding hydrogens is 338 g/mol. The maximum Gasteiger partial charge on any atom is 0.269 e. The molecule has 5 heteroatoms. The number of rotatable bonds is 8. The number of para-hydroxylation sites is 1. The minimum atomic E-state index is -0.349. The smallest absolute Gasteiger partial charge is 0.269 e. The molecule has 3 aromatic carbocycles. The third kappa shape index (κ3) is 5.07. The topological polar surface area (TPSA) is 58.4 Å². The number of non-ortho nitro benzene ring substituents is 1. The van der Waals surface area contributed by atoms with Crippen molar-refractivity contribution in [3.8, 4) is 0 Å². The van der Waals surface area contributed by atoms with E-state index in [1.807, 2.05) is 36.4 Å². The predicted molar refractivity (Wildman–Crippen MR) is 111 cm³/mol. The van der Waals surface area contributed by atoms with Crippen molar-refractivity contribution in [1.29, 1.82) is 0 Å². The van der Waals surface area contributed by atoms with Crippen molar-refractivity contribution in [3.63, 3.8) is 0 Å². The van der Waals surface area contributed by atoms with Gasteiger partial charge in [-0.15, -0.1) is 0 Å². The van der Waals surface area contributed by atoms with E-state index in [2.05, 4.69) is 41.4 Å². The van der Waals surface area contributed by atoms with Crippen LogP contribution in [-0.4, -0.2) is 11.5 Å². The molecule has 3 rings (SSSR count). The lowest BCUT2D eigenvalue weighted by Crippen LogP contribution is -2.23. The fraction of sp³-hybridized carbons (Fsp3) is 0.182. The molecule has 0 radical (unpaired) electrons. The Morgan fingerprint density at radius 3 is 2.30 bits per heavy atom. The van der Waals surface area contributed by atoms with Gasteiger partial charge in [0.05, 0.1) is 4.92 Å². The molecule has 0 aliphatic carbocycles. The fourth-order valence-electron chi connectivity index (χ4n) is 3.00. The number of nitro benzene ring substituents is 1. The van der Waals surface area contributed by atoms with E-state index in [0.717, 1.165) is 35.6 Å². The standard InChI is InChI=1S/C22H23N3O2/c1-2-15-24(17-18-7-6-10-22(16-18)25(26)27)21-13-11-20(12-14-21)23-19-8-4-3-5-9-19/h3-14,16,23H,2,15,17H2,1H3. The average molecular weight is 361 g/mol. The van der Waals surface area contributed by atoms with Gasteiger partial charge in [0.2, 0.25) is 0 Å². The normalized spacial score (nSPS) is 10.4. The second kappa shape index (κ2) is 8.85. The van der Waals surface area contributed by atoms with Crippen molar-refractivity contribution in [2.24, 2.45) is 0 Å². The maximum absolute atomic E-state index is 11.0. The van der Waals surface area contributed by atoms with Crippen LogP contribution >= 0.6 is 0 Å². The zero-order valence-electron chi connectivity index (χ0n) is 15.3. The van der Waals surface area contributed by atoms with Crippen LogP contribution in [-0.2, 0) is 6.54 Å². The van der Waals surface area contributed by atoms with E-state index in [1.54, 1.807) is 12.1 Å². The first-order valence-electron chi connectivity index (χ1n) is 9.06. The third-order valence-electron chi connectivity index (χ3n) is 4.28. The first kappa shape index (κ1) is 18.5. The minimum absolute atomic E-state index is 0.131. The van der Waals surface area contributed by atoms with Crippen molar-refractivity contribution >= 4 is 22.7 Å². The highest BCUT2D eigenvalue weighted by molar-refractivity contribution is 5.63. The number of nitrogens with one attached hydrogen (secondary N) is 1. The lowest BCUT2D eigenvalue weighted by Gasteiger charge is -2.25. The molecule has 138 valence electrons. The Labute approximate surface area is 159 Å². The molecule has 0 fully saturated rings. The Hall–Kier alpha value is -3.34. The van der Waals surface area contributed by atoms with Crippen molar-refractivity contribution < 1.29 is 4.92 Å². The van der Waals surface area contributed by atoms with Crippen LogP contribution in [0.5, 0.6) is 0 Å². The van der Waals surface area contributed by atoms with Crippen LogP contribution in [0.15, 0.2) is 78.9 Å². The van der Waals surface area contributed by atoms with Crippen LogP contribution in [0.2, 0.25) is 0 Å². The van der Waals surface area contributed by atoms with Crippen molar-refractivity contribution in [1.82, 2.24) is 0 Å². The van der Waals surface area contributed by atoms with Gasteiger partial charge < -0.3 is 10.2 Å². The molecule has 0 aromatic heterocycles. The van der Waals surface area contributed by atoms with Crippen LogP contribution in [0.4, 0.5) is 22.7 Å². The molecule has 0 amide bonds. The first-order valence-corrected chi connectivity index (χ1v) is 9.06. The number of nitro groups is 1. The van der Waals surface area contributed by atoms with Crippen LogP contribution < -0.4 is 10.2 Å². The Kier molecular flexibility index (Phi) is 6.05. The summed E-state index contributed by atoms with van der Waals surface area (Å²) < 4.78 is 0. The van der Waals surface area contributed by atoms with Gasteiger partial charge in [-0.1, -0.05) is 37.3 Å². The first-order chi connectivity index (χ1) is 13.2. The second-order valence-electron chi connectivity index (χ2n) is 6.39. The molecule has 0 atom stereocenters. The average Bonchev–Trinajstić information content (AvgIpc) is 2.69.